The number of halogens is 2. The van der Waals surface area contributed by atoms with Crippen LogP contribution in [0.2, 0.25) is 10.0 Å². The summed E-state index contributed by atoms with van der Waals surface area (Å²) in [6, 6.07) is 4.04. The number of anilines is 1. The van der Waals surface area contributed by atoms with Crippen LogP contribution in [0.1, 0.15) is 6.42 Å². The van der Waals surface area contributed by atoms with E-state index in [0.717, 1.165) is 0 Å². The molecule has 7 nitrogen and oxygen atoms in total. The smallest absolute Gasteiger partial charge is 0.274 e. The molecule has 1 fully saturated rings. The molecule has 0 aromatic heterocycles. The maximum Gasteiger partial charge on any atom is 0.398 e. The minimum atomic E-state index is -4.84. The average molecular weight is 340 g/mol. The molecule has 1 aromatic carbocycles. The highest BCUT2D eigenvalue weighted by Crippen LogP contribution is 2.30. The quantitative estimate of drug-likeness (QED) is 0.660. The molecule has 1 unspecified atom stereocenters. The summed E-state index contributed by atoms with van der Waals surface area (Å²) in [6.07, 6.45) is -2.11. The molecular formula is C10H7Cl2NO6S. The van der Waals surface area contributed by atoms with Crippen molar-refractivity contribution in [3.63, 3.8) is 0 Å². The summed E-state index contributed by atoms with van der Waals surface area (Å²) in [4.78, 5) is 24.4. The van der Waals surface area contributed by atoms with Crippen molar-refractivity contribution in [2.24, 2.45) is 0 Å². The number of carbonyl (C=O) groups excluding carboxylic acids is 2. The minimum Gasteiger partial charge on any atom is -0.274 e. The molecule has 1 aliphatic heterocycles. The summed E-state index contributed by atoms with van der Waals surface area (Å²) < 4.78 is 33.9. The van der Waals surface area contributed by atoms with Crippen LogP contribution in [0.4, 0.5) is 5.69 Å². The molecule has 1 aliphatic rings. The lowest BCUT2D eigenvalue weighted by Gasteiger charge is -2.15. The first-order valence-electron chi connectivity index (χ1n) is 5.16. The number of amides is 2. The first-order chi connectivity index (χ1) is 9.17. The molecule has 20 heavy (non-hydrogen) atoms. The van der Waals surface area contributed by atoms with Crippen LogP contribution in [0.25, 0.3) is 0 Å². The molecular weight excluding hydrogens is 333 g/mol. The molecule has 0 radical (unpaired) electrons. The van der Waals surface area contributed by atoms with Crippen LogP contribution in [0, 0.1) is 0 Å². The molecule has 0 aliphatic carbocycles. The van der Waals surface area contributed by atoms with Crippen molar-refractivity contribution in [3.8, 4) is 0 Å². The number of benzene rings is 1. The summed E-state index contributed by atoms with van der Waals surface area (Å²) >= 11 is 11.5. The monoisotopic (exact) mass is 339 g/mol. The van der Waals surface area contributed by atoms with Crippen molar-refractivity contribution in [2.75, 3.05) is 4.90 Å². The van der Waals surface area contributed by atoms with Crippen molar-refractivity contribution in [3.05, 3.63) is 28.2 Å². The molecule has 2 rings (SSSR count). The third kappa shape index (κ3) is 3.28. The van der Waals surface area contributed by atoms with E-state index in [1.54, 1.807) is 0 Å². The van der Waals surface area contributed by atoms with E-state index in [2.05, 4.69) is 4.18 Å². The number of hydrogen-bond donors (Lipinski definition) is 1. The van der Waals surface area contributed by atoms with Gasteiger partial charge in [0.25, 0.3) is 5.91 Å². The molecule has 108 valence electrons. The molecule has 2 amide bonds. The number of nitrogens with zero attached hydrogens (tertiary/aromatic N) is 1. The Morgan fingerprint density at radius 3 is 2.25 bits per heavy atom. The Bertz CT molecular complexity index is 669. The Hall–Kier alpha value is -1.19. The lowest BCUT2D eigenvalue weighted by molar-refractivity contribution is -0.123. The fourth-order valence-corrected chi connectivity index (χ4v) is 2.72. The van der Waals surface area contributed by atoms with Crippen molar-refractivity contribution in [1.82, 2.24) is 0 Å². The maximum atomic E-state index is 11.9. The third-order valence-electron chi connectivity index (χ3n) is 2.45. The van der Waals surface area contributed by atoms with Crippen LogP contribution in [0.15, 0.2) is 18.2 Å². The predicted octanol–water partition coefficient (Wildman–Crippen LogP) is 1.44. The lowest BCUT2D eigenvalue weighted by atomic mass is 10.3. The Balaban J connectivity index is 2.33. The molecule has 0 spiro atoms. The first-order valence-corrected chi connectivity index (χ1v) is 7.28. The highest BCUT2D eigenvalue weighted by molar-refractivity contribution is 7.80. The van der Waals surface area contributed by atoms with Gasteiger partial charge in [0.2, 0.25) is 5.91 Å². The lowest BCUT2D eigenvalue weighted by Crippen LogP contribution is -2.33. The molecule has 0 bridgehead atoms. The van der Waals surface area contributed by atoms with Crippen molar-refractivity contribution < 1.29 is 26.7 Å². The number of rotatable bonds is 3. The van der Waals surface area contributed by atoms with Crippen LogP contribution in [0.3, 0.4) is 0 Å². The number of hydrogen-bond acceptors (Lipinski definition) is 5. The SMILES string of the molecule is O=C1CC(OS(=O)(=O)O)C(=O)N1c1cc(Cl)cc(Cl)c1. The highest BCUT2D eigenvalue weighted by atomic mass is 35.5. The summed E-state index contributed by atoms with van der Waals surface area (Å²) in [5.74, 6) is -1.62. The molecule has 1 saturated heterocycles. The van der Waals surface area contributed by atoms with E-state index in [-0.39, 0.29) is 15.7 Å². The van der Waals surface area contributed by atoms with E-state index in [0.29, 0.717) is 4.90 Å². The van der Waals surface area contributed by atoms with Gasteiger partial charge in [0.05, 0.1) is 12.1 Å². The van der Waals surface area contributed by atoms with Gasteiger partial charge in [-0.2, -0.15) is 8.42 Å². The zero-order chi connectivity index (χ0) is 15.1. The van der Waals surface area contributed by atoms with E-state index >= 15 is 0 Å². The highest BCUT2D eigenvalue weighted by Gasteiger charge is 2.42. The van der Waals surface area contributed by atoms with Gasteiger partial charge >= 0.3 is 10.4 Å². The van der Waals surface area contributed by atoms with Gasteiger partial charge in [-0.1, -0.05) is 23.2 Å². The van der Waals surface area contributed by atoms with Gasteiger partial charge in [-0.05, 0) is 18.2 Å². The van der Waals surface area contributed by atoms with Crippen LogP contribution < -0.4 is 4.90 Å². The Morgan fingerprint density at radius 2 is 1.75 bits per heavy atom. The van der Waals surface area contributed by atoms with Crippen molar-refractivity contribution >= 4 is 51.1 Å². The molecule has 1 heterocycles. The topological polar surface area (TPSA) is 101 Å². The minimum absolute atomic E-state index is 0.0962. The second-order valence-corrected chi connectivity index (χ2v) is 5.83. The zero-order valence-corrected chi connectivity index (χ0v) is 11.9. The summed E-state index contributed by atoms with van der Waals surface area (Å²) in [5, 5.41) is 0.402. The largest absolute Gasteiger partial charge is 0.398 e. The van der Waals surface area contributed by atoms with Gasteiger partial charge < -0.3 is 0 Å². The number of imide groups is 1. The third-order valence-corrected chi connectivity index (χ3v) is 3.36. The van der Waals surface area contributed by atoms with E-state index in [9.17, 15) is 18.0 Å². The van der Waals surface area contributed by atoms with Crippen molar-refractivity contribution in [2.45, 2.75) is 12.5 Å². The zero-order valence-electron chi connectivity index (χ0n) is 9.62. The predicted molar refractivity (Wildman–Crippen MR) is 70.0 cm³/mol. The first kappa shape index (κ1) is 15.2. The van der Waals surface area contributed by atoms with Gasteiger partial charge in [-0.25, -0.2) is 9.08 Å². The van der Waals surface area contributed by atoms with E-state index < -0.39 is 34.7 Å². The van der Waals surface area contributed by atoms with Gasteiger partial charge in [0.15, 0.2) is 6.10 Å². The number of carbonyl (C=O) groups is 2. The normalized spacial score (nSPS) is 19.8. The van der Waals surface area contributed by atoms with E-state index in [1.807, 2.05) is 0 Å². The molecule has 0 saturated carbocycles. The summed E-state index contributed by atoms with van der Waals surface area (Å²) in [5.41, 5.74) is 0.0962. The second-order valence-electron chi connectivity index (χ2n) is 3.91. The van der Waals surface area contributed by atoms with E-state index in [4.69, 9.17) is 27.8 Å². The van der Waals surface area contributed by atoms with Gasteiger partial charge in [-0.3, -0.25) is 14.1 Å². The Morgan fingerprint density at radius 1 is 1.20 bits per heavy atom. The fraction of sp³-hybridized carbons (Fsp3) is 0.200. The average Bonchev–Trinajstić information content (AvgIpc) is 2.50. The fourth-order valence-electron chi connectivity index (χ4n) is 1.77. The van der Waals surface area contributed by atoms with Gasteiger partial charge in [0.1, 0.15) is 0 Å². The molecule has 1 aromatic rings. The van der Waals surface area contributed by atoms with Crippen LogP contribution in [0.5, 0.6) is 0 Å². The standard InChI is InChI=1S/C10H7Cl2NO6S/c11-5-1-6(12)3-7(2-5)13-9(14)4-8(10(13)15)19-20(16,17)18/h1-3,8H,4H2,(H,16,17,18). The van der Waals surface area contributed by atoms with E-state index in [1.165, 1.54) is 18.2 Å². The molecule has 10 heteroatoms. The molecule has 1 atom stereocenters. The van der Waals surface area contributed by atoms with Crippen LogP contribution in [-0.4, -0.2) is 30.9 Å². The Kier molecular flexibility index (Phi) is 4.03. The van der Waals surface area contributed by atoms with Gasteiger partial charge in [-0.15, -0.1) is 0 Å². The summed E-state index contributed by atoms with van der Waals surface area (Å²) in [6.45, 7) is 0. The molecule has 1 N–H and O–H groups in total. The van der Waals surface area contributed by atoms with Crippen LogP contribution in [-0.2, 0) is 24.2 Å². The van der Waals surface area contributed by atoms with Crippen molar-refractivity contribution in [1.29, 1.82) is 0 Å². The summed E-state index contributed by atoms with van der Waals surface area (Å²) in [7, 11) is -4.84. The van der Waals surface area contributed by atoms with Crippen LogP contribution >= 0.6 is 23.2 Å². The van der Waals surface area contributed by atoms with Gasteiger partial charge in [0, 0.05) is 10.0 Å². The Labute approximate surface area is 124 Å². The maximum absolute atomic E-state index is 11.9. The second kappa shape index (κ2) is 5.30.